The van der Waals surface area contributed by atoms with Crippen molar-refractivity contribution in [2.75, 3.05) is 70.9 Å². The van der Waals surface area contributed by atoms with Gasteiger partial charge in [0.1, 0.15) is 11.5 Å². The Morgan fingerprint density at radius 3 is 1.96 bits per heavy atom. The molecule has 0 amide bonds. The van der Waals surface area contributed by atoms with Crippen molar-refractivity contribution >= 4 is 56.9 Å². The zero-order chi connectivity index (χ0) is 32.6. The number of ether oxygens (including phenoxy) is 2. The second-order valence-corrected chi connectivity index (χ2v) is 15.3. The number of methoxy groups -OCH3 is 2. The summed E-state index contributed by atoms with van der Waals surface area (Å²) in [5, 5.41) is 3.71. The Morgan fingerprint density at radius 2 is 1.33 bits per heavy atom. The minimum absolute atomic E-state index is 0.901. The summed E-state index contributed by atoms with van der Waals surface area (Å²) in [5.74, 6) is 5.92. The van der Waals surface area contributed by atoms with E-state index in [0.717, 1.165) is 71.7 Å². The minimum Gasteiger partial charge on any atom is -0.497 e. The smallest absolute Gasteiger partial charge is 0.118 e. The Labute approximate surface area is 297 Å². The summed E-state index contributed by atoms with van der Waals surface area (Å²) in [6.07, 6.45) is 0. The Balaban J connectivity index is 1.38. The first kappa shape index (κ1) is 36.6. The molecule has 0 unspecified atom stereocenters. The van der Waals surface area contributed by atoms with Gasteiger partial charge in [0.25, 0.3) is 0 Å². The minimum atomic E-state index is 0.901. The summed E-state index contributed by atoms with van der Waals surface area (Å²) in [5.41, 5.74) is 5.28. The molecule has 0 spiro atoms. The first-order chi connectivity index (χ1) is 22.4. The van der Waals surface area contributed by atoms with Crippen molar-refractivity contribution in [2.24, 2.45) is 0 Å². The normalized spacial score (nSPS) is 11.2. The molecule has 5 nitrogen and oxygen atoms in total. The molecule has 0 atom stereocenters. The molecule has 0 radical (unpaired) electrons. The maximum atomic E-state index is 5.33. The van der Waals surface area contributed by atoms with Crippen LogP contribution in [0.15, 0.2) is 105 Å². The van der Waals surface area contributed by atoms with Crippen LogP contribution in [0, 0.1) is 0 Å². The Hall–Kier alpha value is -2.27. The lowest BCUT2D eigenvalue weighted by atomic mass is 10.2. The number of nitrogens with zero attached hydrogens (tertiary/aromatic N) is 2. The molecule has 0 saturated heterocycles. The van der Waals surface area contributed by atoms with Crippen LogP contribution in [0.3, 0.4) is 0 Å². The van der Waals surface area contributed by atoms with Crippen molar-refractivity contribution in [1.82, 2.24) is 10.2 Å². The zero-order valence-corrected chi connectivity index (χ0v) is 31.4. The maximum absolute atomic E-state index is 5.33. The first-order valence-electron chi connectivity index (χ1n) is 15.5. The predicted molar refractivity (Wildman–Crippen MR) is 205 cm³/mol. The molecule has 4 aromatic rings. The van der Waals surface area contributed by atoms with Crippen molar-refractivity contribution in [3.63, 3.8) is 0 Å². The van der Waals surface area contributed by atoms with Gasteiger partial charge >= 0.3 is 0 Å². The molecular weight excluding hydrogens is 695 g/mol. The highest BCUT2D eigenvalue weighted by Gasteiger charge is 2.15. The van der Waals surface area contributed by atoms with Crippen LogP contribution in [0.25, 0.3) is 0 Å². The van der Waals surface area contributed by atoms with Crippen molar-refractivity contribution in [1.29, 1.82) is 0 Å². The van der Waals surface area contributed by atoms with Crippen LogP contribution < -0.4 is 19.7 Å². The number of anilines is 1. The van der Waals surface area contributed by atoms with Crippen LogP contribution >= 0.6 is 51.2 Å². The quantitative estimate of drug-likeness (QED) is 0.0902. The number of thioether (sulfide) groups is 2. The lowest BCUT2D eigenvalue weighted by molar-refractivity contribution is 0.399. The van der Waals surface area contributed by atoms with E-state index in [-0.39, 0.29) is 0 Å². The Kier molecular flexibility index (Phi) is 16.0. The van der Waals surface area contributed by atoms with Gasteiger partial charge in [-0.15, -0.1) is 0 Å². The molecule has 0 aliphatic carbocycles. The average molecular weight is 741 g/mol. The second kappa shape index (κ2) is 20.2. The predicted octanol–water partition coefficient (Wildman–Crippen LogP) is 8.94. The molecule has 246 valence electrons. The SMILES string of the molecule is COc1ccc(CSCCNCCN(CCSCc2ccc(OC)cc2)c2cc(Br)ccc2Sc2ccccc2CN(C)C)cc1. The van der Waals surface area contributed by atoms with Crippen LogP contribution in [0.5, 0.6) is 11.5 Å². The van der Waals surface area contributed by atoms with Gasteiger partial charge in [-0.3, -0.25) is 0 Å². The summed E-state index contributed by atoms with van der Waals surface area (Å²) in [6.45, 7) is 4.74. The van der Waals surface area contributed by atoms with E-state index in [9.17, 15) is 0 Å². The van der Waals surface area contributed by atoms with Gasteiger partial charge < -0.3 is 24.6 Å². The van der Waals surface area contributed by atoms with Crippen LogP contribution in [0.2, 0.25) is 0 Å². The molecule has 4 aromatic carbocycles. The van der Waals surface area contributed by atoms with E-state index in [2.05, 4.69) is 112 Å². The highest BCUT2D eigenvalue weighted by Crippen LogP contribution is 2.39. The summed E-state index contributed by atoms with van der Waals surface area (Å²) in [4.78, 5) is 7.38. The molecule has 0 aliphatic heterocycles. The van der Waals surface area contributed by atoms with Gasteiger partial charge in [0, 0.05) is 70.0 Å². The van der Waals surface area contributed by atoms with Crippen molar-refractivity contribution < 1.29 is 9.47 Å². The number of benzene rings is 4. The molecule has 46 heavy (non-hydrogen) atoms. The van der Waals surface area contributed by atoms with Crippen molar-refractivity contribution in [3.05, 3.63) is 112 Å². The van der Waals surface area contributed by atoms with Gasteiger partial charge in [0.2, 0.25) is 0 Å². The largest absolute Gasteiger partial charge is 0.497 e. The van der Waals surface area contributed by atoms with E-state index in [1.165, 1.54) is 32.2 Å². The van der Waals surface area contributed by atoms with Gasteiger partial charge in [-0.2, -0.15) is 23.5 Å². The fourth-order valence-corrected chi connectivity index (χ4v) is 8.06. The van der Waals surface area contributed by atoms with Crippen LogP contribution in [-0.4, -0.2) is 70.9 Å². The fraction of sp³-hybridized carbons (Fsp3) is 0.351. The van der Waals surface area contributed by atoms with E-state index in [1.807, 2.05) is 59.6 Å². The summed E-state index contributed by atoms with van der Waals surface area (Å²) in [7, 11) is 7.68. The molecule has 0 saturated carbocycles. The number of nitrogens with one attached hydrogen (secondary N) is 1. The molecule has 0 bridgehead atoms. The molecule has 0 aromatic heterocycles. The van der Waals surface area contributed by atoms with E-state index >= 15 is 0 Å². The van der Waals surface area contributed by atoms with E-state index in [0.29, 0.717) is 0 Å². The zero-order valence-electron chi connectivity index (χ0n) is 27.3. The maximum Gasteiger partial charge on any atom is 0.118 e. The monoisotopic (exact) mass is 739 g/mol. The summed E-state index contributed by atoms with van der Waals surface area (Å²) in [6, 6.07) is 32.3. The fourth-order valence-electron chi connectivity index (χ4n) is 4.85. The topological polar surface area (TPSA) is 37.0 Å². The first-order valence-corrected chi connectivity index (χ1v) is 19.4. The third-order valence-electron chi connectivity index (χ3n) is 7.28. The molecule has 1 N–H and O–H groups in total. The van der Waals surface area contributed by atoms with Crippen LogP contribution in [-0.2, 0) is 18.1 Å². The van der Waals surface area contributed by atoms with Crippen LogP contribution in [0.1, 0.15) is 16.7 Å². The lowest BCUT2D eigenvalue weighted by Gasteiger charge is -2.28. The molecule has 0 fully saturated rings. The lowest BCUT2D eigenvalue weighted by Crippen LogP contribution is -2.35. The van der Waals surface area contributed by atoms with Gasteiger partial charge in [-0.1, -0.05) is 70.2 Å². The highest BCUT2D eigenvalue weighted by atomic mass is 79.9. The molecule has 9 heteroatoms. The van der Waals surface area contributed by atoms with Gasteiger partial charge in [0.15, 0.2) is 0 Å². The standard InChI is InChI=1S/C37H46BrN3O2S3/c1-40(2)26-31-7-5-6-8-36(31)46-37-18-13-32(38)25-35(37)41(22-24-45-28-30-11-16-34(43-4)17-12-30)21-19-39-20-23-44-27-29-9-14-33(42-3)15-10-29/h5-18,25,39H,19-24,26-28H2,1-4H3. The van der Waals surface area contributed by atoms with Crippen LogP contribution in [0.4, 0.5) is 5.69 Å². The number of hydrogen-bond donors (Lipinski definition) is 1. The number of rotatable bonds is 20. The third kappa shape index (κ3) is 12.4. The van der Waals surface area contributed by atoms with Gasteiger partial charge in [0.05, 0.1) is 19.9 Å². The van der Waals surface area contributed by atoms with E-state index < -0.39 is 0 Å². The summed E-state index contributed by atoms with van der Waals surface area (Å²) >= 11 is 9.59. The number of hydrogen-bond acceptors (Lipinski definition) is 8. The van der Waals surface area contributed by atoms with E-state index in [1.54, 1.807) is 14.2 Å². The Bertz CT molecular complexity index is 1460. The van der Waals surface area contributed by atoms with Crippen molar-refractivity contribution in [3.8, 4) is 11.5 Å². The third-order valence-corrected chi connectivity index (χ3v) is 11.0. The van der Waals surface area contributed by atoms with E-state index in [4.69, 9.17) is 9.47 Å². The van der Waals surface area contributed by atoms with Crippen molar-refractivity contribution in [2.45, 2.75) is 27.8 Å². The Morgan fingerprint density at radius 1 is 0.696 bits per heavy atom. The molecule has 4 rings (SSSR count). The highest BCUT2D eigenvalue weighted by molar-refractivity contribution is 9.10. The molecule has 0 aliphatic rings. The van der Waals surface area contributed by atoms with Gasteiger partial charge in [-0.05, 0) is 79.3 Å². The summed E-state index contributed by atoms with van der Waals surface area (Å²) < 4.78 is 11.7. The van der Waals surface area contributed by atoms with Gasteiger partial charge in [-0.25, -0.2) is 0 Å². The second-order valence-electron chi connectivity index (χ2n) is 11.1. The molecule has 0 heterocycles. The molecular formula is C37H46BrN3O2S3. The number of halogens is 1. The average Bonchev–Trinajstić information content (AvgIpc) is 3.07.